The van der Waals surface area contributed by atoms with E-state index in [0.29, 0.717) is 11.5 Å². The van der Waals surface area contributed by atoms with Gasteiger partial charge >= 0.3 is 5.97 Å². The lowest BCUT2D eigenvalue weighted by Gasteiger charge is -2.11. The Bertz CT molecular complexity index is 343. The van der Waals surface area contributed by atoms with Crippen LogP contribution in [-0.2, 0) is 0 Å². The Kier molecular flexibility index (Phi) is 2.50. The molecule has 1 aliphatic heterocycles. The maximum absolute atomic E-state index is 11.0. The molecule has 1 aliphatic rings. The van der Waals surface area contributed by atoms with E-state index in [4.69, 9.17) is 5.11 Å². The largest absolute Gasteiger partial charge is 0.478 e. The molecule has 1 fully saturated rings. The predicted molar refractivity (Wildman–Crippen MR) is 53.6 cm³/mol. The molecule has 0 spiro atoms. The first-order valence-electron chi connectivity index (χ1n) is 4.82. The van der Waals surface area contributed by atoms with Crippen molar-refractivity contribution in [3.8, 4) is 0 Å². The molecule has 2 N–H and O–H groups in total. The van der Waals surface area contributed by atoms with Crippen molar-refractivity contribution in [2.45, 2.75) is 12.3 Å². The second-order valence-electron chi connectivity index (χ2n) is 3.58. The van der Waals surface area contributed by atoms with Gasteiger partial charge in [-0.05, 0) is 30.5 Å². The Labute approximate surface area is 82.8 Å². The topological polar surface area (TPSA) is 49.3 Å². The number of nitrogens with one attached hydrogen (secondary N) is 1. The van der Waals surface area contributed by atoms with Crippen LogP contribution < -0.4 is 5.32 Å². The Balaban J connectivity index is 2.35. The molecule has 1 aromatic carbocycles. The van der Waals surface area contributed by atoms with Crippen LogP contribution in [0.25, 0.3) is 0 Å². The van der Waals surface area contributed by atoms with E-state index in [1.807, 2.05) is 12.1 Å². The molecule has 0 unspecified atom stereocenters. The van der Waals surface area contributed by atoms with E-state index in [9.17, 15) is 4.79 Å². The van der Waals surface area contributed by atoms with Gasteiger partial charge < -0.3 is 10.4 Å². The second kappa shape index (κ2) is 3.80. The summed E-state index contributed by atoms with van der Waals surface area (Å²) in [6.07, 6.45) is 1.03. The number of aromatic carboxylic acids is 1. The fourth-order valence-corrected chi connectivity index (χ4v) is 1.97. The van der Waals surface area contributed by atoms with Gasteiger partial charge in [-0.15, -0.1) is 0 Å². The third-order valence-corrected chi connectivity index (χ3v) is 2.69. The zero-order valence-electron chi connectivity index (χ0n) is 7.86. The Morgan fingerprint density at radius 2 is 2.21 bits per heavy atom. The molecule has 1 atom stereocenters. The highest BCUT2D eigenvalue weighted by Crippen LogP contribution is 2.25. The molecule has 74 valence electrons. The molecule has 0 aliphatic carbocycles. The summed E-state index contributed by atoms with van der Waals surface area (Å²) in [4.78, 5) is 11.0. The van der Waals surface area contributed by atoms with Crippen molar-refractivity contribution >= 4 is 5.97 Å². The molecule has 0 bridgehead atoms. The van der Waals surface area contributed by atoms with Crippen molar-refractivity contribution in [3.63, 3.8) is 0 Å². The van der Waals surface area contributed by atoms with E-state index in [-0.39, 0.29) is 0 Å². The third kappa shape index (κ3) is 1.63. The van der Waals surface area contributed by atoms with Crippen LogP contribution in [0.3, 0.4) is 0 Å². The summed E-state index contributed by atoms with van der Waals surface area (Å²) >= 11 is 0. The highest BCUT2D eigenvalue weighted by Gasteiger charge is 2.21. The number of hydrogen-bond acceptors (Lipinski definition) is 2. The van der Waals surface area contributed by atoms with E-state index in [0.717, 1.165) is 25.1 Å². The normalized spacial score (nSPS) is 21.0. The lowest BCUT2D eigenvalue weighted by atomic mass is 9.93. The minimum atomic E-state index is -0.826. The summed E-state index contributed by atoms with van der Waals surface area (Å²) in [5, 5.41) is 12.2. The first-order valence-corrected chi connectivity index (χ1v) is 4.82. The van der Waals surface area contributed by atoms with E-state index < -0.39 is 5.97 Å². The molecule has 0 amide bonds. The molecule has 2 rings (SSSR count). The second-order valence-corrected chi connectivity index (χ2v) is 3.58. The molecule has 3 nitrogen and oxygen atoms in total. The fourth-order valence-electron chi connectivity index (χ4n) is 1.97. The minimum absolute atomic E-state index is 0.363. The zero-order chi connectivity index (χ0) is 9.97. The van der Waals surface area contributed by atoms with Crippen molar-refractivity contribution in [2.75, 3.05) is 13.1 Å². The van der Waals surface area contributed by atoms with Crippen LogP contribution in [0.4, 0.5) is 0 Å². The maximum atomic E-state index is 11.0. The van der Waals surface area contributed by atoms with Crippen LogP contribution in [-0.4, -0.2) is 24.2 Å². The molecule has 3 heteroatoms. The Morgan fingerprint density at radius 3 is 2.86 bits per heavy atom. The van der Waals surface area contributed by atoms with Crippen molar-refractivity contribution in [1.29, 1.82) is 0 Å². The van der Waals surface area contributed by atoms with Gasteiger partial charge in [0.05, 0.1) is 5.56 Å². The van der Waals surface area contributed by atoms with Crippen molar-refractivity contribution < 1.29 is 9.90 Å². The Hall–Kier alpha value is -1.35. The standard InChI is InChI=1S/C11H13NO2/c13-11(14)10-4-2-1-3-9(10)8-5-6-12-7-8/h1-4,8,12H,5-7H2,(H,13,14)/t8-/m1/s1. The van der Waals surface area contributed by atoms with E-state index in [2.05, 4.69) is 5.32 Å². The monoisotopic (exact) mass is 191 g/mol. The lowest BCUT2D eigenvalue weighted by Crippen LogP contribution is -2.11. The quantitative estimate of drug-likeness (QED) is 0.744. The summed E-state index contributed by atoms with van der Waals surface area (Å²) < 4.78 is 0. The summed E-state index contributed by atoms with van der Waals surface area (Å²) in [5.74, 6) is -0.463. The van der Waals surface area contributed by atoms with Gasteiger partial charge in [-0.2, -0.15) is 0 Å². The molecule has 1 heterocycles. The molecule has 0 aromatic heterocycles. The molecule has 1 saturated heterocycles. The van der Waals surface area contributed by atoms with Crippen LogP contribution in [0, 0.1) is 0 Å². The molecular formula is C11H13NO2. The van der Waals surface area contributed by atoms with Gasteiger partial charge in [-0.25, -0.2) is 4.79 Å². The van der Waals surface area contributed by atoms with Crippen molar-refractivity contribution in [1.82, 2.24) is 5.32 Å². The third-order valence-electron chi connectivity index (χ3n) is 2.69. The van der Waals surface area contributed by atoms with Crippen molar-refractivity contribution in [2.24, 2.45) is 0 Å². The van der Waals surface area contributed by atoms with Crippen molar-refractivity contribution in [3.05, 3.63) is 35.4 Å². The lowest BCUT2D eigenvalue weighted by molar-refractivity contribution is 0.0695. The highest BCUT2D eigenvalue weighted by molar-refractivity contribution is 5.89. The van der Waals surface area contributed by atoms with Crippen LogP contribution in [0.5, 0.6) is 0 Å². The van der Waals surface area contributed by atoms with Gasteiger partial charge in [0.25, 0.3) is 0 Å². The van der Waals surface area contributed by atoms with E-state index in [1.165, 1.54) is 0 Å². The predicted octanol–water partition coefficient (Wildman–Crippen LogP) is 1.46. The minimum Gasteiger partial charge on any atom is -0.478 e. The van der Waals surface area contributed by atoms with Gasteiger partial charge in [0.1, 0.15) is 0 Å². The smallest absolute Gasteiger partial charge is 0.335 e. The number of benzene rings is 1. The summed E-state index contributed by atoms with van der Waals surface area (Å²) in [5.41, 5.74) is 1.41. The molecule has 0 saturated carbocycles. The molecule has 14 heavy (non-hydrogen) atoms. The molecule has 1 aromatic rings. The van der Waals surface area contributed by atoms with Gasteiger partial charge in [-0.3, -0.25) is 0 Å². The summed E-state index contributed by atoms with van der Waals surface area (Å²) in [6, 6.07) is 7.27. The van der Waals surface area contributed by atoms with E-state index in [1.54, 1.807) is 12.1 Å². The van der Waals surface area contributed by atoms with Crippen LogP contribution in [0.1, 0.15) is 28.3 Å². The van der Waals surface area contributed by atoms with Gasteiger partial charge in [0.2, 0.25) is 0 Å². The number of carbonyl (C=O) groups is 1. The number of rotatable bonds is 2. The first kappa shape index (κ1) is 9.21. The summed E-state index contributed by atoms with van der Waals surface area (Å²) in [6.45, 7) is 1.88. The average molecular weight is 191 g/mol. The molecular weight excluding hydrogens is 178 g/mol. The zero-order valence-corrected chi connectivity index (χ0v) is 7.86. The average Bonchev–Trinajstić information content (AvgIpc) is 2.70. The first-order chi connectivity index (χ1) is 6.79. The molecule has 0 radical (unpaired) electrons. The number of carboxylic acids is 1. The Morgan fingerprint density at radius 1 is 1.43 bits per heavy atom. The van der Waals surface area contributed by atoms with Gasteiger partial charge in [0.15, 0.2) is 0 Å². The van der Waals surface area contributed by atoms with Crippen LogP contribution in [0.2, 0.25) is 0 Å². The van der Waals surface area contributed by atoms with Crippen LogP contribution in [0.15, 0.2) is 24.3 Å². The fraction of sp³-hybridized carbons (Fsp3) is 0.364. The van der Waals surface area contributed by atoms with Gasteiger partial charge in [0, 0.05) is 6.54 Å². The van der Waals surface area contributed by atoms with Crippen LogP contribution >= 0.6 is 0 Å². The number of carboxylic acid groups (broad SMARTS) is 1. The summed E-state index contributed by atoms with van der Waals surface area (Å²) in [7, 11) is 0. The number of hydrogen-bond donors (Lipinski definition) is 2. The van der Waals surface area contributed by atoms with E-state index >= 15 is 0 Å². The maximum Gasteiger partial charge on any atom is 0.335 e. The van der Waals surface area contributed by atoms with Gasteiger partial charge in [-0.1, -0.05) is 18.2 Å². The highest BCUT2D eigenvalue weighted by atomic mass is 16.4. The SMILES string of the molecule is O=C(O)c1ccccc1[C@@H]1CCNC1.